The van der Waals surface area contributed by atoms with Gasteiger partial charge in [0.15, 0.2) is 0 Å². The topological polar surface area (TPSA) is 39.3 Å². The fraction of sp³-hybridized carbons (Fsp3) is 0.467. The molecule has 0 fully saturated rings. The van der Waals surface area contributed by atoms with Crippen LogP contribution in [0.15, 0.2) is 24.4 Å². The molecular formula is C15H22N2O. The van der Waals surface area contributed by atoms with Gasteiger partial charge in [0.05, 0.1) is 0 Å². The van der Waals surface area contributed by atoms with Gasteiger partial charge < -0.3 is 15.0 Å². The van der Waals surface area contributed by atoms with Crippen molar-refractivity contribution in [2.24, 2.45) is 0 Å². The normalized spacial score (nSPS) is 11.5. The number of hydrogen-bond acceptors (Lipinski definition) is 2. The Kier molecular flexibility index (Phi) is 4.26. The Balaban J connectivity index is 2.09. The van der Waals surface area contributed by atoms with E-state index in [0.717, 1.165) is 37.0 Å². The fourth-order valence-electron chi connectivity index (χ4n) is 2.40. The van der Waals surface area contributed by atoms with Crippen LogP contribution in [0, 0.1) is 0 Å². The molecule has 0 radical (unpaired) electrons. The van der Waals surface area contributed by atoms with Gasteiger partial charge in [-0.05, 0) is 49.7 Å². The number of aromatic amines is 1. The monoisotopic (exact) mass is 246 g/mol. The first kappa shape index (κ1) is 13.0. The molecule has 2 rings (SSSR count). The SMILES string of the molecule is CCCN(CC)CCc1c[nH]c2ccc(O)cc12. The Hall–Kier alpha value is -1.48. The Morgan fingerprint density at radius 1 is 1.22 bits per heavy atom. The highest BCUT2D eigenvalue weighted by atomic mass is 16.3. The van der Waals surface area contributed by atoms with Crippen LogP contribution in [0.1, 0.15) is 25.8 Å². The molecule has 0 amide bonds. The van der Waals surface area contributed by atoms with Crippen molar-refractivity contribution in [3.05, 3.63) is 30.0 Å². The molecule has 0 atom stereocenters. The zero-order valence-electron chi connectivity index (χ0n) is 11.2. The number of phenolic OH excluding ortho intramolecular Hbond substituents is 1. The number of fused-ring (bicyclic) bond motifs is 1. The van der Waals surface area contributed by atoms with E-state index in [2.05, 4.69) is 29.9 Å². The number of nitrogens with zero attached hydrogens (tertiary/aromatic N) is 1. The van der Waals surface area contributed by atoms with Gasteiger partial charge in [-0.2, -0.15) is 0 Å². The molecule has 0 aliphatic carbocycles. The minimum absolute atomic E-state index is 0.337. The van der Waals surface area contributed by atoms with Gasteiger partial charge in [-0.15, -0.1) is 0 Å². The summed E-state index contributed by atoms with van der Waals surface area (Å²) >= 11 is 0. The van der Waals surface area contributed by atoms with Crippen LogP contribution in [0.25, 0.3) is 10.9 Å². The third kappa shape index (κ3) is 2.85. The molecule has 0 bridgehead atoms. The van der Waals surface area contributed by atoms with Crippen LogP contribution in [-0.2, 0) is 6.42 Å². The van der Waals surface area contributed by atoms with Gasteiger partial charge in [-0.1, -0.05) is 13.8 Å². The van der Waals surface area contributed by atoms with Crippen LogP contribution >= 0.6 is 0 Å². The van der Waals surface area contributed by atoms with Crippen molar-refractivity contribution in [3.8, 4) is 5.75 Å². The van der Waals surface area contributed by atoms with E-state index < -0.39 is 0 Å². The Bertz CT molecular complexity index is 504. The second-order valence-corrected chi connectivity index (χ2v) is 4.73. The zero-order valence-corrected chi connectivity index (χ0v) is 11.2. The third-order valence-corrected chi connectivity index (χ3v) is 3.44. The summed E-state index contributed by atoms with van der Waals surface area (Å²) < 4.78 is 0. The van der Waals surface area contributed by atoms with Gasteiger partial charge in [0.25, 0.3) is 0 Å². The number of phenols is 1. The van der Waals surface area contributed by atoms with Gasteiger partial charge in [0.2, 0.25) is 0 Å². The Labute approximate surface area is 108 Å². The number of hydrogen-bond donors (Lipinski definition) is 2. The van der Waals surface area contributed by atoms with Crippen molar-refractivity contribution in [2.45, 2.75) is 26.7 Å². The standard InChI is InChI=1S/C15H22N2O/c1-3-8-17(4-2)9-7-12-11-16-15-6-5-13(18)10-14(12)15/h5-6,10-11,16,18H,3-4,7-9H2,1-2H3. The van der Waals surface area contributed by atoms with E-state index in [9.17, 15) is 5.11 Å². The van der Waals surface area contributed by atoms with Gasteiger partial charge in [0.1, 0.15) is 5.75 Å². The quantitative estimate of drug-likeness (QED) is 0.822. The number of rotatable bonds is 6. The molecule has 0 aliphatic heterocycles. The Morgan fingerprint density at radius 2 is 2.06 bits per heavy atom. The van der Waals surface area contributed by atoms with Crippen molar-refractivity contribution in [3.63, 3.8) is 0 Å². The maximum atomic E-state index is 9.56. The van der Waals surface area contributed by atoms with E-state index in [1.54, 1.807) is 6.07 Å². The number of aromatic hydroxyl groups is 1. The molecule has 1 aromatic carbocycles. The number of aromatic nitrogens is 1. The lowest BCUT2D eigenvalue weighted by Crippen LogP contribution is -2.26. The molecule has 3 heteroatoms. The molecule has 3 nitrogen and oxygen atoms in total. The van der Waals surface area contributed by atoms with Crippen LogP contribution < -0.4 is 0 Å². The molecule has 0 aliphatic rings. The van der Waals surface area contributed by atoms with E-state index in [1.165, 1.54) is 12.0 Å². The van der Waals surface area contributed by atoms with Crippen LogP contribution in [0.5, 0.6) is 5.75 Å². The lowest BCUT2D eigenvalue weighted by Gasteiger charge is -2.18. The molecule has 1 aromatic heterocycles. The van der Waals surface area contributed by atoms with Gasteiger partial charge in [-0.3, -0.25) is 0 Å². The van der Waals surface area contributed by atoms with Gasteiger partial charge in [0, 0.05) is 23.6 Å². The van der Waals surface area contributed by atoms with Crippen molar-refractivity contribution in [1.82, 2.24) is 9.88 Å². The molecule has 18 heavy (non-hydrogen) atoms. The molecule has 98 valence electrons. The van der Waals surface area contributed by atoms with Crippen LogP contribution in [-0.4, -0.2) is 34.6 Å². The average Bonchev–Trinajstić information content (AvgIpc) is 2.77. The Morgan fingerprint density at radius 3 is 2.78 bits per heavy atom. The fourth-order valence-corrected chi connectivity index (χ4v) is 2.40. The predicted octanol–water partition coefficient (Wildman–Crippen LogP) is 3.15. The van der Waals surface area contributed by atoms with Crippen LogP contribution in [0.3, 0.4) is 0 Å². The number of benzene rings is 1. The molecular weight excluding hydrogens is 224 g/mol. The molecule has 0 saturated heterocycles. The van der Waals surface area contributed by atoms with Crippen molar-refractivity contribution < 1.29 is 5.11 Å². The smallest absolute Gasteiger partial charge is 0.116 e. The predicted molar refractivity (Wildman–Crippen MR) is 76.1 cm³/mol. The first-order valence-corrected chi connectivity index (χ1v) is 6.76. The van der Waals surface area contributed by atoms with Crippen molar-refractivity contribution >= 4 is 10.9 Å². The zero-order chi connectivity index (χ0) is 13.0. The number of H-pyrrole nitrogens is 1. The molecule has 1 heterocycles. The number of likely N-dealkylation sites (N-methyl/N-ethyl adjacent to an activating group) is 1. The highest BCUT2D eigenvalue weighted by Crippen LogP contribution is 2.23. The number of nitrogens with one attached hydrogen (secondary N) is 1. The minimum atomic E-state index is 0.337. The summed E-state index contributed by atoms with van der Waals surface area (Å²) in [7, 11) is 0. The summed E-state index contributed by atoms with van der Waals surface area (Å²) in [4.78, 5) is 5.72. The summed E-state index contributed by atoms with van der Waals surface area (Å²) in [5, 5.41) is 10.7. The van der Waals surface area contributed by atoms with E-state index >= 15 is 0 Å². The lowest BCUT2D eigenvalue weighted by molar-refractivity contribution is 0.293. The average molecular weight is 246 g/mol. The van der Waals surface area contributed by atoms with Gasteiger partial charge in [-0.25, -0.2) is 0 Å². The summed E-state index contributed by atoms with van der Waals surface area (Å²) in [6.45, 7) is 7.75. The largest absolute Gasteiger partial charge is 0.508 e. The molecule has 0 unspecified atom stereocenters. The van der Waals surface area contributed by atoms with Crippen LogP contribution in [0.4, 0.5) is 0 Å². The maximum Gasteiger partial charge on any atom is 0.116 e. The first-order valence-electron chi connectivity index (χ1n) is 6.76. The van der Waals surface area contributed by atoms with Crippen molar-refractivity contribution in [2.75, 3.05) is 19.6 Å². The van der Waals surface area contributed by atoms with E-state index in [0.29, 0.717) is 5.75 Å². The minimum Gasteiger partial charge on any atom is -0.508 e. The van der Waals surface area contributed by atoms with Crippen molar-refractivity contribution in [1.29, 1.82) is 0 Å². The molecule has 0 spiro atoms. The summed E-state index contributed by atoms with van der Waals surface area (Å²) in [5.74, 6) is 0.337. The van der Waals surface area contributed by atoms with Gasteiger partial charge >= 0.3 is 0 Å². The van der Waals surface area contributed by atoms with Crippen LogP contribution in [0.2, 0.25) is 0 Å². The summed E-state index contributed by atoms with van der Waals surface area (Å²) in [6, 6.07) is 5.49. The molecule has 2 aromatic rings. The highest BCUT2D eigenvalue weighted by molar-refractivity contribution is 5.84. The highest BCUT2D eigenvalue weighted by Gasteiger charge is 2.07. The summed E-state index contributed by atoms with van der Waals surface area (Å²) in [5.41, 5.74) is 2.39. The maximum absolute atomic E-state index is 9.56. The summed E-state index contributed by atoms with van der Waals surface area (Å²) in [6.07, 6.45) is 4.28. The van der Waals surface area contributed by atoms with E-state index in [4.69, 9.17) is 0 Å². The lowest BCUT2D eigenvalue weighted by atomic mass is 10.1. The molecule has 2 N–H and O–H groups in total. The first-order chi connectivity index (χ1) is 8.74. The second-order valence-electron chi connectivity index (χ2n) is 4.73. The molecule has 0 saturated carbocycles. The van der Waals surface area contributed by atoms with E-state index in [-0.39, 0.29) is 0 Å². The third-order valence-electron chi connectivity index (χ3n) is 3.44. The van der Waals surface area contributed by atoms with E-state index in [1.807, 2.05) is 12.1 Å². The second kappa shape index (κ2) is 5.91.